The van der Waals surface area contributed by atoms with Crippen LogP contribution in [0.1, 0.15) is 35.0 Å². The number of carbonyl (C=O) groups is 1. The first-order chi connectivity index (χ1) is 13.6. The van der Waals surface area contributed by atoms with Gasteiger partial charge in [-0.15, -0.1) is 10.2 Å². The van der Waals surface area contributed by atoms with Crippen LogP contribution in [0.25, 0.3) is 11.3 Å². The number of aromatic nitrogens is 4. The highest BCUT2D eigenvalue weighted by Crippen LogP contribution is 2.23. The molecule has 28 heavy (non-hydrogen) atoms. The Hall–Kier alpha value is -3.26. The fourth-order valence-electron chi connectivity index (χ4n) is 3.59. The maximum absolute atomic E-state index is 13.0. The van der Waals surface area contributed by atoms with E-state index in [-0.39, 0.29) is 17.5 Å². The van der Waals surface area contributed by atoms with Crippen LogP contribution < -0.4 is 5.56 Å². The maximum atomic E-state index is 13.0. The summed E-state index contributed by atoms with van der Waals surface area (Å²) < 4.78 is 7.15. The molecule has 0 fully saturated rings. The van der Waals surface area contributed by atoms with Gasteiger partial charge in [-0.2, -0.15) is 0 Å². The molecule has 8 heteroatoms. The summed E-state index contributed by atoms with van der Waals surface area (Å²) in [6.07, 6.45) is 0. The zero-order chi connectivity index (χ0) is 19.7. The van der Waals surface area contributed by atoms with Crippen LogP contribution in [-0.4, -0.2) is 44.2 Å². The molecule has 3 heterocycles. The van der Waals surface area contributed by atoms with Crippen molar-refractivity contribution in [2.45, 2.75) is 26.1 Å². The molecule has 144 valence electrons. The smallest absolute Gasteiger partial charge is 0.261 e. The zero-order valence-corrected chi connectivity index (χ0v) is 15.8. The molecule has 1 aliphatic rings. The first-order valence-corrected chi connectivity index (χ1v) is 9.08. The Morgan fingerprint density at radius 2 is 2.00 bits per heavy atom. The van der Waals surface area contributed by atoms with Crippen molar-refractivity contribution in [1.82, 2.24) is 24.6 Å². The van der Waals surface area contributed by atoms with E-state index >= 15 is 0 Å². The summed E-state index contributed by atoms with van der Waals surface area (Å²) in [6, 6.07) is 12.9. The SMILES string of the molecule is COCc1nnc2n1[C@@H](C)CN(C(=O)c1ccc(-c3ccccc3)[nH]c1=O)C2. The van der Waals surface area contributed by atoms with Gasteiger partial charge in [0.05, 0.1) is 12.6 Å². The molecule has 0 unspecified atom stereocenters. The molecular weight excluding hydrogens is 358 g/mol. The van der Waals surface area contributed by atoms with Gasteiger partial charge in [0.15, 0.2) is 11.6 Å². The lowest BCUT2D eigenvalue weighted by Gasteiger charge is -2.32. The summed E-state index contributed by atoms with van der Waals surface area (Å²) >= 11 is 0. The third kappa shape index (κ3) is 3.22. The summed E-state index contributed by atoms with van der Waals surface area (Å²) in [5.74, 6) is 1.12. The molecule has 0 saturated carbocycles. The van der Waals surface area contributed by atoms with Gasteiger partial charge in [0.2, 0.25) is 0 Å². The summed E-state index contributed by atoms with van der Waals surface area (Å²) in [7, 11) is 1.61. The Labute approximate surface area is 161 Å². The maximum Gasteiger partial charge on any atom is 0.261 e. The lowest BCUT2D eigenvalue weighted by Crippen LogP contribution is -2.42. The van der Waals surface area contributed by atoms with Crippen molar-refractivity contribution in [3.05, 3.63) is 70.0 Å². The van der Waals surface area contributed by atoms with Crippen molar-refractivity contribution in [2.24, 2.45) is 0 Å². The number of aromatic amines is 1. The quantitative estimate of drug-likeness (QED) is 0.748. The molecule has 0 saturated heterocycles. The summed E-state index contributed by atoms with van der Waals surface area (Å²) in [5, 5.41) is 8.33. The number of H-pyrrole nitrogens is 1. The number of benzene rings is 1. The lowest BCUT2D eigenvalue weighted by atomic mass is 10.1. The second kappa shape index (κ2) is 7.40. The Kier molecular flexibility index (Phi) is 4.79. The number of carbonyl (C=O) groups excluding carboxylic acids is 1. The van der Waals surface area contributed by atoms with Crippen LogP contribution in [-0.2, 0) is 17.9 Å². The average molecular weight is 379 g/mol. The highest BCUT2D eigenvalue weighted by atomic mass is 16.5. The number of nitrogens with zero attached hydrogens (tertiary/aromatic N) is 4. The monoisotopic (exact) mass is 379 g/mol. The van der Waals surface area contributed by atoms with Gasteiger partial charge in [-0.1, -0.05) is 30.3 Å². The largest absolute Gasteiger partial charge is 0.377 e. The fraction of sp³-hybridized carbons (Fsp3) is 0.300. The number of methoxy groups -OCH3 is 1. The molecule has 1 aromatic carbocycles. The van der Waals surface area contributed by atoms with Crippen molar-refractivity contribution >= 4 is 5.91 Å². The highest BCUT2D eigenvalue weighted by Gasteiger charge is 2.30. The van der Waals surface area contributed by atoms with Gasteiger partial charge >= 0.3 is 0 Å². The minimum atomic E-state index is -0.397. The van der Waals surface area contributed by atoms with E-state index in [0.717, 1.165) is 11.4 Å². The van der Waals surface area contributed by atoms with Crippen molar-refractivity contribution in [3.63, 3.8) is 0 Å². The van der Waals surface area contributed by atoms with E-state index in [9.17, 15) is 9.59 Å². The Balaban J connectivity index is 1.59. The molecule has 0 bridgehead atoms. The van der Waals surface area contributed by atoms with E-state index in [2.05, 4.69) is 15.2 Å². The predicted octanol–water partition coefficient (Wildman–Crippen LogP) is 2.00. The van der Waals surface area contributed by atoms with Crippen molar-refractivity contribution in [3.8, 4) is 11.3 Å². The summed E-state index contributed by atoms with van der Waals surface area (Å²) in [6.45, 7) is 3.14. The molecule has 1 amide bonds. The molecular formula is C20H21N5O3. The van der Waals surface area contributed by atoms with Crippen LogP contribution >= 0.6 is 0 Å². The van der Waals surface area contributed by atoms with Crippen molar-refractivity contribution < 1.29 is 9.53 Å². The van der Waals surface area contributed by atoms with Crippen LogP contribution in [0.2, 0.25) is 0 Å². The molecule has 4 rings (SSSR count). The molecule has 1 aliphatic heterocycles. The summed E-state index contributed by atoms with van der Waals surface area (Å²) in [4.78, 5) is 30.0. The minimum Gasteiger partial charge on any atom is -0.377 e. The van der Waals surface area contributed by atoms with E-state index in [0.29, 0.717) is 31.2 Å². The number of fused-ring (bicyclic) bond motifs is 1. The number of rotatable bonds is 4. The highest BCUT2D eigenvalue weighted by molar-refractivity contribution is 5.94. The second-order valence-electron chi connectivity index (χ2n) is 6.85. The number of nitrogens with one attached hydrogen (secondary N) is 1. The lowest BCUT2D eigenvalue weighted by molar-refractivity contribution is 0.0673. The van der Waals surface area contributed by atoms with E-state index in [4.69, 9.17) is 4.74 Å². The third-order valence-electron chi connectivity index (χ3n) is 4.88. The summed E-state index contributed by atoms with van der Waals surface area (Å²) in [5.41, 5.74) is 1.30. The van der Waals surface area contributed by atoms with Gasteiger partial charge < -0.3 is 19.2 Å². The van der Waals surface area contributed by atoms with Gasteiger partial charge in [-0.3, -0.25) is 9.59 Å². The molecule has 0 radical (unpaired) electrons. The number of pyridine rings is 1. The van der Waals surface area contributed by atoms with E-state index < -0.39 is 5.56 Å². The third-order valence-corrected chi connectivity index (χ3v) is 4.88. The van der Waals surface area contributed by atoms with Crippen LogP contribution in [0.5, 0.6) is 0 Å². The topological polar surface area (TPSA) is 93.1 Å². The first kappa shape index (κ1) is 18.1. The number of ether oxygens (including phenoxy) is 1. The van der Waals surface area contributed by atoms with Crippen molar-refractivity contribution in [2.75, 3.05) is 13.7 Å². The van der Waals surface area contributed by atoms with E-state index in [1.807, 2.05) is 41.8 Å². The first-order valence-electron chi connectivity index (χ1n) is 9.08. The Morgan fingerprint density at radius 1 is 1.21 bits per heavy atom. The van der Waals surface area contributed by atoms with E-state index in [1.54, 1.807) is 24.1 Å². The Bertz CT molecular complexity index is 1060. The van der Waals surface area contributed by atoms with Crippen LogP contribution in [0.4, 0.5) is 0 Å². The minimum absolute atomic E-state index is 0.00414. The average Bonchev–Trinajstić information content (AvgIpc) is 3.12. The van der Waals surface area contributed by atoms with Gasteiger partial charge in [0.25, 0.3) is 11.5 Å². The fourth-order valence-corrected chi connectivity index (χ4v) is 3.59. The standard InChI is InChI=1S/C20H21N5O3/c1-13-10-24(11-17-22-23-18(12-28-2)25(13)17)20(27)15-8-9-16(21-19(15)26)14-6-4-3-5-7-14/h3-9,13H,10-12H2,1-2H3,(H,21,26)/t13-/m0/s1. The molecule has 0 aliphatic carbocycles. The molecule has 3 aromatic rings. The second-order valence-corrected chi connectivity index (χ2v) is 6.85. The molecule has 0 spiro atoms. The van der Waals surface area contributed by atoms with Crippen LogP contribution in [0, 0.1) is 0 Å². The zero-order valence-electron chi connectivity index (χ0n) is 15.8. The van der Waals surface area contributed by atoms with Crippen molar-refractivity contribution in [1.29, 1.82) is 0 Å². The predicted molar refractivity (Wildman–Crippen MR) is 103 cm³/mol. The van der Waals surface area contributed by atoms with Gasteiger partial charge in [-0.25, -0.2) is 0 Å². The normalized spacial score (nSPS) is 16.1. The number of amides is 1. The number of hydrogen-bond donors (Lipinski definition) is 1. The van der Waals surface area contributed by atoms with E-state index in [1.165, 1.54) is 0 Å². The molecule has 8 nitrogen and oxygen atoms in total. The van der Waals surface area contributed by atoms with Gasteiger partial charge in [-0.05, 0) is 24.6 Å². The van der Waals surface area contributed by atoms with Gasteiger partial charge in [0, 0.05) is 19.3 Å². The van der Waals surface area contributed by atoms with Crippen LogP contribution in [0.3, 0.4) is 0 Å². The molecule has 1 N–H and O–H groups in total. The Morgan fingerprint density at radius 3 is 2.71 bits per heavy atom. The van der Waals surface area contributed by atoms with Gasteiger partial charge in [0.1, 0.15) is 12.2 Å². The number of hydrogen-bond acceptors (Lipinski definition) is 5. The molecule has 2 aromatic heterocycles. The molecule has 1 atom stereocenters. The van der Waals surface area contributed by atoms with Crippen LogP contribution in [0.15, 0.2) is 47.3 Å².